The number of fused-ring (bicyclic) bond motifs is 1. The van der Waals surface area contributed by atoms with Gasteiger partial charge in [0.05, 0.1) is 10.2 Å². The Kier molecular flexibility index (Phi) is 8.42. The fourth-order valence-corrected chi connectivity index (χ4v) is 4.90. The number of hydrogen-bond donors (Lipinski definition) is 0. The van der Waals surface area contributed by atoms with Gasteiger partial charge < -0.3 is 4.90 Å². The summed E-state index contributed by atoms with van der Waals surface area (Å²) in [4.78, 5) is 22.7. The molecule has 0 fully saturated rings. The number of rotatable bonds is 7. The summed E-state index contributed by atoms with van der Waals surface area (Å²) in [7, 11) is 0. The number of aryl methyl sites for hydroxylation is 4. The number of benzene rings is 2. The van der Waals surface area contributed by atoms with Gasteiger partial charge in [-0.1, -0.05) is 48.9 Å². The monoisotopic (exact) mass is 445 g/mol. The molecule has 1 heterocycles. The Hall–Kier alpha value is -1.95. The molecule has 0 bridgehead atoms. The zero-order valence-corrected chi connectivity index (χ0v) is 20.4. The second-order valence-corrected chi connectivity index (χ2v) is 8.74. The molecular weight excluding hydrogens is 414 g/mol. The highest BCUT2D eigenvalue weighted by Gasteiger charge is 2.23. The summed E-state index contributed by atoms with van der Waals surface area (Å²) in [6, 6.07) is 10.3. The van der Waals surface area contributed by atoms with Gasteiger partial charge >= 0.3 is 0 Å². The molecule has 4 nitrogen and oxygen atoms in total. The van der Waals surface area contributed by atoms with Crippen LogP contribution in [-0.2, 0) is 0 Å². The van der Waals surface area contributed by atoms with E-state index in [1.165, 1.54) is 11.1 Å². The SMILES string of the molecule is CCN(CC)CCN(C(=O)c1ccc(C)cc1C)c1nc2c(C)cc(C)cc2s1.Cl. The lowest BCUT2D eigenvalue weighted by Gasteiger charge is -2.25. The molecule has 0 aliphatic heterocycles. The number of anilines is 1. The van der Waals surface area contributed by atoms with E-state index in [9.17, 15) is 4.79 Å². The molecule has 6 heteroatoms. The summed E-state index contributed by atoms with van der Waals surface area (Å²) in [5.74, 6) is 0.0306. The van der Waals surface area contributed by atoms with Crippen LogP contribution in [0.4, 0.5) is 5.13 Å². The Morgan fingerprint density at radius 2 is 1.60 bits per heavy atom. The van der Waals surface area contributed by atoms with E-state index in [1.807, 2.05) is 24.0 Å². The van der Waals surface area contributed by atoms with Gasteiger partial charge in [0, 0.05) is 18.7 Å². The Morgan fingerprint density at radius 1 is 0.933 bits per heavy atom. The molecule has 0 unspecified atom stereocenters. The van der Waals surface area contributed by atoms with Crippen molar-refractivity contribution >= 4 is 45.0 Å². The molecule has 0 spiro atoms. The third kappa shape index (κ3) is 5.20. The molecule has 2 aromatic carbocycles. The zero-order chi connectivity index (χ0) is 21.1. The van der Waals surface area contributed by atoms with Crippen LogP contribution in [0.5, 0.6) is 0 Å². The minimum Gasteiger partial charge on any atom is -0.302 e. The van der Waals surface area contributed by atoms with Crippen LogP contribution in [0, 0.1) is 27.7 Å². The first-order chi connectivity index (χ1) is 13.8. The van der Waals surface area contributed by atoms with Crippen molar-refractivity contribution in [2.75, 3.05) is 31.1 Å². The number of carbonyl (C=O) groups excluding carboxylic acids is 1. The number of thiazole rings is 1. The van der Waals surface area contributed by atoms with Crippen molar-refractivity contribution in [3.8, 4) is 0 Å². The molecule has 1 amide bonds. The number of amides is 1. The fraction of sp³-hybridized carbons (Fsp3) is 0.417. The van der Waals surface area contributed by atoms with Crippen LogP contribution >= 0.6 is 23.7 Å². The van der Waals surface area contributed by atoms with Crippen molar-refractivity contribution in [2.24, 2.45) is 0 Å². The molecular formula is C24H32ClN3OS. The Balaban J connectivity index is 0.00000320. The largest absolute Gasteiger partial charge is 0.302 e. The molecule has 0 aliphatic carbocycles. The maximum Gasteiger partial charge on any atom is 0.260 e. The van der Waals surface area contributed by atoms with Gasteiger partial charge in [0.15, 0.2) is 5.13 Å². The normalized spacial score (nSPS) is 11.0. The first-order valence-corrected chi connectivity index (χ1v) is 11.1. The lowest BCUT2D eigenvalue weighted by molar-refractivity contribution is 0.0983. The van der Waals surface area contributed by atoms with Gasteiger partial charge in [0.25, 0.3) is 5.91 Å². The highest BCUT2D eigenvalue weighted by Crippen LogP contribution is 2.32. The lowest BCUT2D eigenvalue weighted by Crippen LogP contribution is -2.39. The average molecular weight is 446 g/mol. The van der Waals surface area contributed by atoms with E-state index in [0.29, 0.717) is 6.54 Å². The van der Waals surface area contributed by atoms with Crippen LogP contribution in [0.2, 0.25) is 0 Å². The summed E-state index contributed by atoms with van der Waals surface area (Å²) in [6.07, 6.45) is 0. The summed E-state index contributed by atoms with van der Waals surface area (Å²) in [6.45, 7) is 16.0. The first kappa shape index (κ1) is 24.3. The molecule has 1 aromatic heterocycles. The zero-order valence-electron chi connectivity index (χ0n) is 18.8. The number of nitrogens with zero attached hydrogens (tertiary/aromatic N) is 3. The molecule has 0 saturated carbocycles. The van der Waals surface area contributed by atoms with Crippen LogP contribution in [0.3, 0.4) is 0 Å². The first-order valence-electron chi connectivity index (χ1n) is 10.3. The third-order valence-corrected chi connectivity index (χ3v) is 6.47. The Bertz CT molecular complexity index is 1030. The quantitative estimate of drug-likeness (QED) is 0.451. The number of carbonyl (C=O) groups is 1. The van der Waals surface area contributed by atoms with Gasteiger partial charge in [-0.3, -0.25) is 9.69 Å². The van der Waals surface area contributed by atoms with Crippen molar-refractivity contribution in [1.82, 2.24) is 9.88 Å². The Labute approximate surface area is 190 Å². The van der Waals surface area contributed by atoms with Gasteiger partial charge in [-0.15, -0.1) is 12.4 Å². The fourth-order valence-electron chi connectivity index (χ4n) is 3.74. The van der Waals surface area contributed by atoms with Crippen LogP contribution in [0.1, 0.15) is 46.5 Å². The highest BCUT2D eigenvalue weighted by atomic mass is 35.5. The van der Waals surface area contributed by atoms with E-state index in [0.717, 1.165) is 51.7 Å². The van der Waals surface area contributed by atoms with Crippen molar-refractivity contribution in [3.05, 3.63) is 58.1 Å². The second kappa shape index (κ2) is 10.4. The molecule has 3 aromatic rings. The van der Waals surface area contributed by atoms with E-state index in [2.05, 4.69) is 57.7 Å². The van der Waals surface area contributed by atoms with Crippen LogP contribution in [0.25, 0.3) is 10.2 Å². The van der Waals surface area contributed by atoms with Crippen LogP contribution < -0.4 is 4.90 Å². The second-order valence-electron chi connectivity index (χ2n) is 7.73. The third-order valence-electron chi connectivity index (χ3n) is 5.44. The smallest absolute Gasteiger partial charge is 0.260 e. The van der Waals surface area contributed by atoms with E-state index in [-0.39, 0.29) is 18.3 Å². The maximum atomic E-state index is 13.6. The summed E-state index contributed by atoms with van der Waals surface area (Å²) < 4.78 is 1.14. The van der Waals surface area contributed by atoms with Crippen molar-refractivity contribution in [3.63, 3.8) is 0 Å². The Morgan fingerprint density at radius 3 is 2.23 bits per heavy atom. The molecule has 3 rings (SSSR count). The molecule has 0 aliphatic rings. The van der Waals surface area contributed by atoms with Gasteiger partial charge in [-0.05, 0) is 69.6 Å². The average Bonchev–Trinajstić information content (AvgIpc) is 3.09. The summed E-state index contributed by atoms with van der Waals surface area (Å²) >= 11 is 1.61. The van der Waals surface area contributed by atoms with Crippen LogP contribution in [-0.4, -0.2) is 42.0 Å². The number of halogens is 1. The molecule has 162 valence electrons. The van der Waals surface area contributed by atoms with Crippen molar-refractivity contribution < 1.29 is 4.79 Å². The summed E-state index contributed by atoms with van der Waals surface area (Å²) in [5, 5.41) is 0.783. The van der Waals surface area contributed by atoms with Crippen molar-refractivity contribution in [2.45, 2.75) is 41.5 Å². The topological polar surface area (TPSA) is 36.4 Å². The van der Waals surface area contributed by atoms with Gasteiger partial charge in [0.1, 0.15) is 0 Å². The molecule has 0 N–H and O–H groups in total. The molecule has 0 atom stereocenters. The number of aromatic nitrogens is 1. The predicted octanol–water partition coefficient (Wildman–Crippen LogP) is 5.94. The van der Waals surface area contributed by atoms with Gasteiger partial charge in [0.2, 0.25) is 0 Å². The molecule has 0 saturated heterocycles. The maximum absolute atomic E-state index is 13.6. The molecule has 0 radical (unpaired) electrons. The minimum absolute atomic E-state index is 0. The number of hydrogen-bond acceptors (Lipinski definition) is 4. The van der Waals surface area contributed by atoms with E-state index >= 15 is 0 Å². The highest BCUT2D eigenvalue weighted by molar-refractivity contribution is 7.22. The van der Waals surface area contributed by atoms with E-state index < -0.39 is 0 Å². The molecule has 30 heavy (non-hydrogen) atoms. The standard InChI is InChI=1S/C24H31N3OS.ClH/c1-7-26(8-2)11-12-27(23(28)20-10-9-16(3)13-18(20)5)24-25-22-19(6)14-17(4)15-21(22)29-24;/h9-10,13-15H,7-8,11-12H2,1-6H3;1H. The number of likely N-dealkylation sites (N-methyl/N-ethyl adjacent to an activating group) is 1. The predicted molar refractivity (Wildman–Crippen MR) is 132 cm³/mol. The van der Waals surface area contributed by atoms with Gasteiger partial charge in [-0.25, -0.2) is 4.98 Å². The van der Waals surface area contributed by atoms with Crippen molar-refractivity contribution in [1.29, 1.82) is 0 Å². The van der Waals surface area contributed by atoms with E-state index in [1.54, 1.807) is 11.3 Å². The van der Waals surface area contributed by atoms with Gasteiger partial charge in [-0.2, -0.15) is 0 Å². The van der Waals surface area contributed by atoms with E-state index in [4.69, 9.17) is 4.98 Å². The minimum atomic E-state index is 0. The summed E-state index contributed by atoms with van der Waals surface area (Å²) in [5.41, 5.74) is 6.31. The lowest BCUT2D eigenvalue weighted by atomic mass is 10.0. The van der Waals surface area contributed by atoms with Crippen LogP contribution in [0.15, 0.2) is 30.3 Å².